The molecule has 3 atom stereocenters. The predicted molar refractivity (Wildman–Crippen MR) is 100 cm³/mol. The monoisotopic (exact) mass is 309 g/mol. The number of anilines is 1. The van der Waals surface area contributed by atoms with Crippen molar-refractivity contribution >= 4 is 5.69 Å². The van der Waals surface area contributed by atoms with Gasteiger partial charge >= 0.3 is 0 Å². The third-order valence-corrected chi connectivity index (χ3v) is 5.71. The van der Waals surface area contributed by atoms with Crippen LogP contribution in [0.2, 0.25) is 0 Å². The van der Waals surface area contributed by atoms with Gasteiger partial charge in [0, 0.05) is 18.8 Å². The summed E-state index contributed by atoms with van der Waals surface area (Å²) >= 11 is 0. The molecule has 2 fully saturated rings. The van der Waals surface area contributed by atoms with E-state index in [-0.39, 0.29) is 0 Å². The average Bonchev–Trinajstić information content (AvgIpc) is 3.33. The highest BCUT2D eigenvalue weighted by molar-refractivity contribution is 5.44. The Hall–Kier alpha value is -1.50. The molecule has 2 aliphatic carbocycles. The van der Waals surface area contributed by atoms with Gasteiger partial charge in [-0.25, -0.2) is 0 Å². The molecular formula is C22H31N. The molecule has 1 aromatic rings. The van der Waals surface area contributed by atoms with E-state index in [0.717, 1.165) is 11.8 Å². The van der Waals surface area contributed by atoms with Crippen LogP contribution in [0.15, 0.2) is 54.6 Å². The summed E-state index contributed by atoms with van der Waals surface area (Å²) in [5, 5.41) is 0. The van der Waals surface area contributed by atoms with Crippen molar-refractivity contribution in [2.24, 2.45) is 11.8 Å². The van der Waals surface area contributed by atoms with Crippen molar-refractivity contribution in [3.05, 3.63) is 54.6 Å². The molecule has 0 aromatic heterocycles. The minimum absolute atomic E-state index is 0.695. The Bertz CT molecular complexity index is 512. The summed E-state index contributed by atoms with van der Waals surface area (Å²) in [7, 11) is 2.29. The molecule has 0 amide bonds. The highest BCUT2D eigenvalue weighted by atomic mass is 15.1. The Morgan fingerprint density at radius 2 is 1.30 bits per heavy atom. The summed E-state index contributed by atoms with van der Waals surface area (Å²) in [5.74, 6) is 2.12. The lowest BCUT2D eigenvalue weighted by atomic mass is 9.96. The molecule has 3 unspecified atom stereocenters. The first-order valence-electron chi connectivity index (χ1n) is 9.46. The van der Waals surface area contributed by atoms with Gasteiger partial charge < -0.3 is 4.90 Å². The van der Waals surface area contributed by atoms with Gasteiger partial charge in [-0.15, -0.1) is 0 Å². The first-order chi connectivity index (χ1) is 11.3. The molecule has 0 aliphatic heterocycles. The van der Waals surface area contributed by atoms with Crippen LogP contribution < -0.4 is 4.90 Å². The highest BCUT2D eigenvalue weighted by Gasteiger charge is 2.36. The smallest absolute Gasteiger partial charge is 0.0366 e. The van der Waals surface area contributed by atoms with Crippen LogP contribution in [-0.4, -0.2) is 13.1 Å². The van der Waals surface area contributed by atoms with E-state index in [4.69, 9.17) is 0 Å². The molecular weight excluding hydrogens is 278 g/mol. The van der Waals surface area contributed by atoms with Crippen molar-refractivity contribution in [3.8, 4) is 0 Å². The third-order valence-electron chi connectivity index (χ3n) is 5.71. The van der Waals surface area contributed by atoms with Gasteiger partial charge in [0.15, 0.2) is 0 Å². The first kappa shape index (κ1) is 16.4. The van der Waals surface area contributed by atoms with Gasteiger partial charge in [0.25, 0.3) is 0 Å². The van der Waals surface area contributed by atoms with Gasteiger partial charge in [0.1, 0.15) is 0 Å². The second-order valence-electron chi connectivity index (χ2n) is 7.34. The van der Waals surface area contributed by atoms with Crippen LogP contribution in [0.1, 0.15) is 51.4 Å². The zero-order valence-electron chi connectivity index (χ0n) is 14.5. The van der Waals surface area contributed by atoms with Gasteiger partial charge in [-0.05, 0) is 49.7 Å². The maximum atomic E-state index is 2.53. The normalized spacial score (nSPS) is 27.3. The fourth-order valence-corrected chi connectivity index (χ4v) is 4.05. The van der Waals surface area contributed by atoms with Crippen LogP contribution in [0, 0.1) is 11.8 Å². The van der Waals surface area contributed by atoms with Crippen molar-refractivity contribution < 1.29 is 0 Å². The predicted octanol–water partition coefficient (Wildman–Crippen LogP) is 6.00. The molecule has 3 rings (SSSR count). The van der Waals surface area contributed by atoms with E-state index in [9.17, 15) is 0 Å². The second kappa shape index (κ2) is 8.38. The molecule has 23 heavy (non-hydrogen) atoms. The van der Waals surface area contributed by atoms with E-state index in [1.54, 1.807) is 0 Å². The SMILES string of the molecule is CN(c1ccccccccc1)C1CCCCCC2CC2CC1. The zero-order valence-corrected chi connectivity index (χ0v) is 14.5. The van der Waals surface area contributed by atoms with Gasteiger partial charge in [0.05, 0.1) is 0 Å². The summed E-state index contributed by atoms with van der Waals surface area (Å²) in [6, 6.07) is 20.0. The Balaban J connectivity index is 1.72. The number of fused-ring (bicyclic) bond motifs is 1. The van der Waals surface area contributed by atoms with Crippen LogP contribution in [0.4, 0.5) is 5.69 Å². The van der Waals surface area contributed by atoms with Crippen molar-refractivity contribution in [2.45, 2.75) is 57.4 Å². The topological polar surface area (TPSA) is 3.24 Å². The fraction of sp³-hybridized carbons (Fsp3) is 0.545. The lowest BCUT2D eigenvalue weighted by molar-refractivity contribution is 0.439. The average molecular weight is 309 g/mol. The number of hydrogen-bond donors (Lipinski definition) is 0. The Morgan fingerprint density at radius 1 is 0.696 bits per heavy atom. The standard InChI is InChI=1S/C22H31N/c1-23(21-13-9-5-3-2-4-6-10-14-21)22-15-11-7-8-12-19-18-20(19)16-17-22/h2-6,9-10,13-14,19-20,22H,7-8,11-12,15-18H2,1H3. The van der Waals surface area contributed by atoms with Crippen LogP contribution in [0.25, 0.3) is 0 Å². The zero-order chi connectivity index (χ0) is 15.9. The van der Waals surface area contributed by atoms with E-state index in [2.05, 4.69) is 66.5 Å². The maximum Gasteiger partial charge on any atom is 0.0366 e. The van der Waals surface area contributed by atoms with Gasteiger partial charge in [0.2, 0.25) is 0 Å². The molecule has 124 valence electrons. The number of hydrogen-bond acceptors (Lipinski definition) is 1. The van der Waals surface area contributed by atoms with E-state index in [0.29, 0.717) is 6.04 Å². The van der Waals surface area contributed by atoms with Crippen LogP contribution >= 0.6 is 0 Å². The van der Waals surface area contributed by atoms with E-state index < -0.39 is 0 Å². The molecule has 0 bridgehead atoms. The lowest BCUT2D eigenvalue weighted by Gasteiger charge is -2.30. The Kier molecular flexibility index (Phi) is 5.96. The van der Waals surface area contributed by atoms with Crippen molar-refractivity contribution in [2.75, 3.05) is 11.9 Å². The molecule has 1 nitrogen and oxygen atoms in total. The van der Waals surface area contributed by atoms with Gasteiger partial charge in [-0.3, -0.25) is 0 Å². The molecule has 0 radical (unpaired) electrons. The van der Waals surface area contributed by atoms with Crippen LogP contribution in [-0.2, 0) is 0 Å². The summed E-state index contributed by atoms with van der Waals surface area (Å²) in [4.78, 5) is 2.53. The summed E-state index contributed by atoms with van der Waals surface area (Å²) in [6.07, 6.45) is 11.4. The first-order valence-corrected chi connectivity index (χ1v) is 9.46. The molecule has 0 heterocycles. The Morgan fingerprint density at radius 3 is 2.04 bits per heavy atom. The highest BCUT2D eigenvalue weighted by Crippen LogP contribution is 2.46. The van der Waals surface area contributed by atoms with E-state index in [1.165, 1.54) is 57.1 Å². The van der Waals surface area contributed by atoms with E-state index >= 15 is 0 Å². The van der Waals surface area contributed by atoms with Crippen LogP contribution in [0.3, 0.4) is 0 Å². The van der Waals surface area contributed by atoms with Gasteiger partial charge in [-0.1, -0.05) is 68.1 Å². The molecule has 2 saturated carbocycles. The second-order valence-corrected chi connectivity index (χ2v) is 7.34. The quantitative estimate of drug-likeness (QED) is 0.648. The van der Waals surface area contributed by atoms with Crippen LogP contribution in [0.5, 0.6) is 0 Å². The summed E-state index contributed by atoms with van der Waals surface area (Å²) in [6.45, 7) is 0. The largest absolute Gasteiger partial charge is 0.372 e. The van der Waals surface area contributed by atoms with Gasteiger partial charge in [-0.2, -0.15) is 0 Å². The van der Waals surface area contributed by atoms with Crippen molar-refractivity contribution in [3.63, 3.8) is 0 Å². The molecule has 1 aromatic carbocycles. The van der Waals surface area contributed by atoms with Crippen molar-refractivity contribution in [1.29, 1.82) is 0 Å². The third kappa shape index (κ3) is 4.99. The van der Waals surface area contributed by atoms with E-state index in [1.807, 2.05) is 0 Å². The van der Waals surface area contributed by atoms with Crippen molar-refractivity contribution in [1.82, 2.24) is 0 Å². The molecule has 2 aliphatic rings. The molecule has 0 saturated heterocycles. The summed E-state index contributed by atoms with van der Waals surface area (Å²) < 4.78 is 0. The minimum Gasteiger partial charge on any atom is -0.372 e. The molecule has 0 N–H and O–H groups in total. The Labute approximate surface area is 142 Å². The lowest BCUT2D eigenvalue weighted by Crippen LogP contribution is -2.31. The summed E-state index contributed by atoms with van der Waals surface area (Å²) in [5.41, 5.74) is 1.33. The molecule has 0 spiro atoms. The number of rotatable bonds is 2. The maximum absolute atomic E-state index is 2.53. The fourth-order valence-electron chi connectivity index (χ4n) is 4.05. The number of nitrogens with zero attached hydrogens (tertiary/aromatic N) is 1. The minimum atomic E-state index is 0.695. The molecule has 1 heteroatoms.